The van der Waals surface area contributed by atoms with E-state index in [1.165, 1.54) is 6.92 Å². The Morgan fingerprint density at radius 3 is 2.26 bits per heavy atom. The van der Waals surface area contributed by atoms with E-state index >= 15 is 0 Å². The SMILES string of the molecule is CCOC(=O)c1nc(NC(C)=O)sc1C(=O)OCC. The number of hydrogen-bond donors (Lipinski definition) is 1. The van der Waals surface area contributed by atoms with Gasteiger partial charge in [0.05, 0.1) is 13.2 Å². The molecule has 0 bridgehead atoms. The molecule has 0 radical (unpaired) electrons. The molecule has 104 valence electrons. The van der Waals surface area contributed by atoms with E-state index in [2.05, 4.69) is 10.3 Å². The molecule has 0 unspecified atom stereocenters. The Labute approximate surface area is 113 Å². The monoisotopic (exact) mass is 286 g/mol. The first kappa shape index (κ1) is 15.1. The van der Waals surface area contributed by atoms with Gasteiger partial charge >= 0.3 is 11.9 Å². The lowest BCUT2D eigenvalue weighted by atomic mass is 10.3. The topological polar surface area (TPSA) is 94.6 Å². The molecule has 1 amide bonds. The smallest absolute Gasteiger partial charge is 0.358 e. The first-order chi connectivity index (χ1) is 8.99. The molecule has 0 spiro atoms. The van der Waals surface area contributed by atoms with Crippen molar-refractivity contribution in [3.63, 3.8) is 0 Å². The van der Waals surface area contributed by atoms with Gasteiger partial charge in [-0.25, -0.2) is 14.6 Å². The van der Waals surface area contributed by atoms with E-state index in [0.29, 0.717) is 0 Å². The van der Waals surface area contributed by atoms with Crippen molar-refractivity contribution in [2.45, 2.75) is 20.8 Å². The van der Waals surface area contributed by atoms with Gasteiger partial charge in [-0.2, -0.15) is 0 Å². The van der Waals surface area contributed by atoms with Crippen molar-refractivity contribution in [2.24, 2.45) is 0 Å². The van der Waals surface area contributed by atoms with Gasteiger partial charge in [-0.15, -0.1) is 0 Å². The molecular formula is C11H14N2O5S. The summed E-state index contributed by atoms with van der Waals surface area (Å²) in [5, 5.41) is 2.56. The maximum absolute atomic E-state index is 11.7. The molecule has 0 saturated carbocycles. The second kappa shape index (κ2) is 6.83. The fourth-order valence-electron chi connectivity index (χ4n) is 1.20. The standard InChI is InChI=1S/C11H14N2O5S/c1-4-17-9(15)7-8(10(16)18-5-2)19-11(13-7)12-6(3)14/h4-5H2,1-3H3,(H,12,13,14). The van der Waals surface area contributed by atoms with E-state index in [9.17, 15) is 14.4 Å². The molecule has 0 aliphatic rings. The molecule has 1 N–H and O–H groups in total. The van der Waals surface area contributed by atoms with Crippen molar-refractivity contribution in [3.8, 4) is 0 Å². The lowest BCUT2D eigenvalue weighted by Crippen LogP contribution is -2.12. The summed E-state index contributed by atoms with van der Waals surface area (Å²) in [7, 11) is 0. The minimum absolute atomic E-state index is 0.0176. The van der Waals surface area contributed by atoms with Gasteiger partial charge in [-0.1, -0.05) is 11.3 Å². The molecule has 0 aromatic carbocycles. The maximum Gasteiger partial charge on any atom is 0.358 e. The van der Waals surface area contributed by atoms with Crippen LogP contribution in [0.3, 0.4) is 0 Å². The molecule has 1 rings (SSSR count). The molecule has 0 aliphatic carbocycles. The van der Waals surface area contributed by atoms with E-state index in [1.807, 2.05) is 0 Å². The van der Waals surface area contributed by atoms with Crippen molar-refractivity contribution in [1.82, 2.24) is 4.98 Å². The Hall–Kier alpha value is -1.96. The molecular weight excluding hydrogens is 272 g/mol. The Morgan fingerprint density at radius 1 is 1.16 bits per heavy atom. The van der Waals surface area contributed by atoms with E-state index in [4.69, 9.17) is 9.47 Å². The zero-order valence-electron chi connectivity index (χ0n) is 10.8. The second-order valence-electron chi connectivity index (χ2n) is 3.32. The number of thiazole rings is 1. The number of esters is 2. The average molecular weight is 286 g/mol. The Kier molecular flexibility index (Phi) is 5.43. The lowest BCUT2D eigenvalue weighted by molar-refractivity contribution is -0.114. The van der Waals surface area contributed by atoms with Crippen LogP contribution in [0.2, 0.25) is 0 Å². The highest BCUT2D eigenvalue weighted by Crippen LogP contribution is 2.24. The third kappa shape index (κ3) is 4.02. The molecule has 0 atom stereocenters. The van der Waals surface area contributed by atoms with Crippen LogP contribution in [0.1, 0.15) is 40.9 Å². The number of carbonyl (C=O) groups excluding carboxylic acids is 3. The van der Waals surface area contributed by atoms with Gasteiger partial charge in [0.25, 0.3) is 0 Å². The van der Waals surface area contributed by atoms with E-state index in [-0.39, 0.29) is 34.8 Å². The fourth-order valence-corrected chi connectivity index (χ4v) is 2.09. The van der Waals surface area contributed by atoms with Crippen LogP contribution < -0.4 is 5.32 Å². The van der Waals surface area contributed by atoms with Crippen LogP contribution in [0.5, 0.6) is 0 Å². The van der Waals surface area contributed by atoms with E-state index in [1.54, 1.807) is 13.8 Å². The average Bonchev–Trinajstić information content (AvgIpc) is 2.72. The number of nitrogens with one attached hydrogen (secondary N) is 1. The summed E-state index contributed by atoms with van der Waals surface area (Å²) >= 11 is 0.872. The largest absolute Gasteiger partial charge is 0.462 e. The number of nitrogens with zero attached hydrogens (tertiary/aromatic N) is 1. The summed E-state index contributed by atoms with van der Waals surface area (Å²) in [4.78, 5) is 38.2. The first-order valence-corrected chi connectivity index (χ1v) is 6.43. The van der Waals surface area contributed by atoms with Crippen LogP contribution in [-0.4, -0.2) is 36.0 Å². The Morgan fingerprint density at radius 2 is 1.74 bits per heavy atom. The minimum atomic E-state index is -0.724. The maximum atomic E-state index is 11.7. The highest BCUT2D eigenvalue weighted by Gasteiger charge is 2.25. The third-order valence-electron chi connectivity index (χ3n) is 1.84. The molecule has 0 fully saturated rings. The van der Waals surface area contributed by atoms with Crippen LogP contribution in [0.15, 0.2) is 0 Å². The predicted molar refractivity (Wildman–Crippen MR) is 68.3 cm³/mol. The summed E-state index contributed by atoms with van der Waals surface area (Å²) in [6.45, 7) is 4.93. The van der Waals surface area contributed by atoms with Crippen molar-refractivity contribution >= 4 is 34.3 Å². The summed E-state index contributed by atoms with van der Waals surface area (Å²) in [5.41, 5.74) is -0.144. The van der Waals surface area contributed by atoms with Crippen LogP contribution in [0.4, 0.5) is 5.13 Å². The number of hydrogen-bond acceptors (Lipinski definition) is 7. The lowest BCUT2D eigenvalue weighted by Gasteiger charge is -2.01. The summed E-state index contributed by atoms with van der Waals surface area (Å²) < 4.78 is 9.63. The van der Waals surface area contributed by atoms with Crippen LogP contribution >= 0.6 is 11.3 Å². The summed E-state index contributed by atoms with van der Waals surface area (Å²) in [5.74, 6) is -1.74. The number of ether oxygens (including phenoxy) is 2. The molecule has 1 aromatic heterocycles. The van der Waals surface area contributed by atoms with Gasteiger partial charge in [-0.05, 0) is 13.8 Å². The molecule has 8 heteroatoms. The number of rotatable bonds is 5. The van der Waals surface area contributed by atoms with Gasteiger partial charge in [-0.3, -0.25) is 4.79 Å². The Balaban J connectivity index is 3.10. The molecule has 1 aromatic rings. The fraction of sp³-hybridized carbons (Fsp3) is 0.455. The van der Waals surface area contributed by atoms with Crippen molar-refractivity contribution in [1.29, 1.82) is 0 Å². The van der Waals surface area contributed by atoms with Crippen molar-refractivity contribution in [3.05, 3.63) is 10.6 Å². The zero-order valence-corrected chi connectivity index (χ0v) is 11.6. The summed E-state index contributed by atoms with van der Waals surface area (Å²) in [6.07, 6.45) is 0. The molecule has 1 heterocycles. The minimum Gasteiger partial charge on any atom is -0.462 e. The Bertz CT molecular complexity index is 462. The van der Waals surface area contributed by atoms with Crippen LogP contribution in [0, 0.1) is 0 Å². The normalized spacial score (nSPS) is 9.84. The second-order valence-corrected chi connectivity index (χ2v) is 4.32. The zero-order chi connectivity index (χ0) is 14.4. The summed E-state index contributed by atoms with van der Waals surface area (Å²) in [6, 6.07) is 0. The van der Waals surface area contributed by atoms with Crippen molar-refractivity contribution in [2.75, 3.05) is 18.5 Å². The van der Waals surface area contributed by atoms with Gasteiger partial charge in [0, 0.05) is 6.92 Å². The number of anilines is 1. The predicted octanol–water partition coefficient (Wildman–Crippen LogP) is 1.45. The van der Waals surface area contributed by atoms with E-state index in [0.717, 1.165) is 11.3 Å². The number of aromatic nitrogens is 1. The highest BCUT2D eigenvalue weighted by molar-refractivity contribution is 7.17. The van der Waals surface area contributed by atoms with Crippen LogP contribution in [0.25, 0.3) is 0 Å². The number of carbonyl (C=O) groups is 3. The van der Waals surface area contributed by atoms with Gasteiger partial charge in [0.2, 0.25) is 5.91 Å². The third-order valence-corrected chi connectivity index (χ3v) is 2.79. The molecule has 7 nitrogen and oxygen atoms in total. The molecule has 0 saturated heterocycles. The highest BCUT2D eigenvalue weighted by atomic mass is 32.1. The molecule has 0 aliphatic heterocycles. The first-order valence-electron chi connectivity index (χ1n) is 5.62. The van der Waals surface area contributed by atoms with Gasteiger partial charge < -0.3 is 14.8 Å². The molecule has 19 heavy (non-hydrogen) atoms. The van der Waals surface area contributed by atoms with E-state index < -0.39 is 11.9 Å². The van der Waals surface area contributed by atoms with Crippen LogP contribution in [-0.2, 0) is 14.3 Å². The quantitative estimate of drug-likeness (QED) is 0.823. The van der Waals surface area contributed by atoms with Gasteiger partial charge in [0.1, 0.15) is 4.88 Å². The number of amides is 1. The van der Waals surface area contributed by atoms with Gasteiger partial charge in [0.15, 0.2) is 10.8 Å². The van der Waals surface area contributed by atoms with Crippen molar-refractivity contribution < 1.29 is 23.9 Å².